The minimum absolute atomic E-state index is 0.364. The zero-order valence-corrected chi connectivity index (χ0v) is 7.77. The lowest BCUT2D eigenvalue weighted by atomic mass is 10.1. The average Bonchev–Trinajstić information content (AvgIpc) is 2.24. The van der Waals surface area contributed by atoms with Crippen molar-refractivity contribution in [2.24, 2.45) is 0 Å². The molecule has 5 nitrogen and oxygen atoms in total. The fourth-order valence-electron chi connectivity index (χ4n) is 1.03. The van der Waals surface area contributed by atoms with Crippen molar-refractivity contribution in [1.82, 2.24) is 0 Å². The van der Waals surface area contributed by atoms with E-state index in [1.807, 2.05) is 0 Å². The van der Waals surface area contributed by atoms with Gasteiger partial charge in [-0.15, -0.1) is 0 Å². The van der Waals surface area contributed by atoms with Crippen LogP contribution in [0.1, 0.15) is 11.7 Å². The van der Waals surface area contributed by atoms with Crippen LogP contribution >= 0.6 is 0 Å². The van der Waals surface area contributed by atoms with Crippen LogP contribution in [-0.2, 0) is 9.53 Å². The van der Waals surface area contributed by atoms with Gasteiger partial charge in [0, 0.05) is 5.56 Å². The molecule has 0 aliphatic rings. The first-order valence-electron chi connectivity index (χ1n) is 3.95. The van der Waals surface area contributed by atoms with Crippen LogP contribution in [0.15, 0.2) is 12.1 Å². The van der Waals surface area contributed by atoms with Crippen LogP contribution in [0, 0.1) is 5.82 Å². The van der Waals surface area contributed by atoms with Gasteiger partial charge in [-0.2, -0.15) is 4.39 Å². The van der Waals surface area contributed by atoms with E-state index in [2.05, 4.69) is 4.74 Å². The Morgan fingerprint density at radius 1 is 1.47 bits per heavy atom. The van der Waals surface area contributed by atoms with E-state index in [9.17, 15) is 19.4 Å². The second-order valence-electron chi connectivity index (χ2n) is 2.76. The van der Waals surface area contributed by atoms with Crippen molar-refractivity contribution in [2.45, 2.75) is 6.10 Å². The van der Waals surface area contributed by atoms with E-state index in [1.165, 1.54) is 0 Å². The lowest BCUT2D eigenvalue weighted by Crippen LogP contribution is -2.13. The number of ether oxygens (including phenoxy) is 1. The molecule has 15 heavy (non-hydrogen) atoms. The number of aromatic hydroxyl groups is 2. The lowest BCUT2D eigenvalue weighted by molar-refractivity contribution is -0.150. The Bertz CT molecular complexity index is 390. The van der Waals surface area contributed by atoms with Gasteiger partial charge in [-0.1, -0.05) is 0 Å². The second-order valence-corrected chi connectivity index (χ2v) is 2.76. The van der Waals surface area contributed by atoms with Gasteiger partial charge < -0.3 is 20.1 Å². The third-order valence-corrected chi connectivity index (χ3v) is 1.85. The van der Waals surface area contributed by atoms with Crippen molar-refractivity contribution in [2.75, 3.05) is 7.11 Å². The van der Waals surface area contributed by atoms with E-state index in [4.69, 9.17) is 5.11 Å². The first-order valence-corrected chi connectivity index (χ1v) is 3.95. The van der Waals surface area contributed by atoms with Gasteiger partial charge in [0.2, 0.25) is 5.82 Å². The molecular weight excluding hydrogens is 207 g/mol. The summed E-state index contributed by atoms with van der Waals surface area (Å²) >= 11 is 0. The highest BCUT2D eigenvalue weighted by Crippen LogP contribution is 2.32. The average molecular weight is 216 g/mol. The number of rotatable bonds is 2. The molecule has 1 rings (SSSR count). The summed E-state index contributed by atoms with van der Waals surface area (Å²) in [6, 6.07) is 1.94. The van der Waals surface area contributed by atoms with E-state index in [1.54, 1.807) is 0 Å². The molecule has 1 atom stereocenters. The first kappa shape index (κ1) is 11.3. The molecule has 1 aromatic carbocycles. The van der Waals surface area contributed by atoms with E-state index in [0.29, 0.717) is 0 Å². The van der Waals surface area contributed by atoms with Crippen molar-refractivity contribution in [3.63, 3.8) is 0 Å². The molecule has 0 bridgehead atoms. The maximum absolute atomic E-state index is 13.0. The Balaban J connectivity index is 3.16. The van der Waals surface area contributed by atoms with E-state index in [-0.39, 0.29) is 5.56 Å². The Morgan fingerprint density at radius 3 is 2.60 bits per heavy atom. The molecule has 0 aromatic heterocycles. The number of benzene rings is 1. The van der Waals surface area contributed by atoms with E-state index >= 15 is 0 Å². The normalized spacial score (nSPS) is 12.2. The predicted molar refractivity (Wildman–Crippen MR) is 46.7 cm³/mol. The third-order valence-electron chi connectivity index (χ3n) is 1.85. The summed E-state index contributed by atoms with van der Waals surface area (Å²) in [6.45, 7) is 0. The fourth-order valence-corrected chi connectivity index (χ4v) is 1.03. The van der Waals surface area contributed by atoms with Gasteiger partial charge in [-0.05, 0) is 12.1 Å². The zero-order chi connectivity index (χ0) is 11.6. The van der Waals surface area contributed by atoms with E-state index in [0.717, 1.165) is 19.2 Å². The topological polar surface area (TPSA) is 87.0 Å². The maximum atomic E-state index is 13.0. The number of hydrogen-bond donors (Lipinski definition) is 3. The van der Waals surface area contributed by atoms with Gasteiger partial charge >= 0.3 is 5.97 Å². The lowest BCUT2D eigenvalue weighted by Gasteiger charge is -2.11. The molecule has 0 heterocycles. The van der Waals surface area contributed by atoms with Gasteiger partial charge in [0.1, 0.15) is 0 Å². The highest BCUT2D eigenvalue weighted by atomic mass is 19.1. The SMILES string of the molecule is COC(=O)C(O)c1ccc(O)c(F)c1O. The van der Waals surface area contributed by atoms with Crippen LogP contribution in [-0.4, -0.2) is 28.4 Å². The number of halogens is 1. The largest absolute Gasteiger partial charge is 0.505 e. The van der Waals surface area contributed by atoms with E-state index < -0.39 is 29.4 Å². The summed E-state index contributed by atoms with van der Waals surface area (Å²) in [5.41, 5.74) is -0.364. The molecule has 0 fully saturated rings. The number of methoxy groups -OCH3 is 1. The van der Waals surface area contributed by atoms with Crippen LogP contribution in [0.25, 0.3) is 0 Å². The van der Waals surface area contributed by atoms with Crippen molar-refractivity contribution in [1.29, 1.82) is 0 Å². The molecule has 1 unspecified atom stereocenters. The van der Waals surface area contributed by atoms with Crippen LogP contribution in [0.3, 0.4) is 0 Å². The quantitative estimate of drug-likeness (QED) is 0.624. The Hall–Kier alpha value is -1.82. The number of phenols is 2. The molecule has 0 saturated heterocycles. The number of aliphatic hydroxyl groups is 1. The van der Waals surface area contributed by atoms with Crippen LogP contribution in [0.5, 0.6) is 11.5 Å². The fraction of sp³-hybridized carbons (Fsp3) is 0.222. The van der Waals surface area contributed by atoms with Gasteiger partial charge in [0.05, 0.1) is 7.11 Å². The molecule has 0 amide bonds. The van der Waals surface area contributed by atoms with Crippen LogP contribution < -0.4 is 0 Å². The standard InChI is InChI=1S/C9H9FO5/c1-15-9(14)8(13)4-2-3-5(11)6(10)7(4)12/h2-3,8,11-13H,1H3. The highest BCUT2D eigenvalue weighted by molar-refractivity contribution is 5.77. The minimum atomic E-state index is -1.79. The molecule has 1 aromatic rings. The summed E-state index contributed by atoms with van der Waals surface area (Å²) < 4.78 is 17.2. The molecular formula is C9H9FO5. The van der Waals surface area contributed by atoms with Gasteiger partial charge in [-0.3, -0.25) is 0 Å². The predicted octanol–water partition coefficient (Wildman–Crippen LogP) is 0.443. The van der Waals surface area contributed by atoms with Crippen LogP contribution in [0.4, 0.5) is 4.39 Å². The van der Waals surface area contributed by atoms with Crippen molar-refractivity contribution in [3.8, 4) is 11.5 Å². The van der Waals surface area contributed by atoms with Crippen LogP contribution in [0.2, 0.25) is 0 Å². The molecule has 0 aliphatic carbocycles. The Labute approximate surface area is 84.3 Å². The highest BCUT2D eigenvalue weighted by Gasteiger charge is 2.24. The first-order chi connectivity index (χ1) is 6.99. The summed E-state index contributed by atoms with van der Waals surface area (Å²) in [4.78, 5) is 10.9. The molecule has 0 aliphatic heterocycles. The monoisotopic (exact) mass is 216 g/mol. The van der Waals surface area contributed by atoms with Crippen molar-refractivity contribution < 1.29 is 29.2 Å². The summed E-state index contributed by atoms with van der Waals surface area (Å²) in [6.07, 6.45) is -1.79. The van der Waals surface area contributed by atoms with Gasteiger partial charge in [-0.25, -0.2) is 4.79 Å². The second kappa shape index (κ2) is 4.14. The van der Waals surface area contributed by atoms with Gasteiger partial charge in [0.15, 0.2) is 17.6 Å². The number of carbonyl (C=O) groups excluding carboxylic acids is 1. The zero-order valence-electron chi connectivity index (χ0n) is 7.77. The number of esters is 1. The Morgan fingerprint density at radius 2 is 2.07 bits per heavy atom. The van der Waals surface area contributed by atoms with Crippen molar-refractivity contribution >= 4 is 5.97 Å². The molecule has 3 N–H and O–H groups in total. The van der Waals surface area contributed by atoms with Gasteiger partial charge in [0.25, 0.3) is 0 Å². The number of aliphatic hydroxyl groups excluding tert-OH is 1. The molecule has 0 saturated carbocycles. The number of hydrogen-bond acceptors (Lipinski definition) is 5. The number of carbonyl (C=O) groups is 1. The maximum Gasteiger partial charge on any atom is 0.339 e. The summed E-state index contributed by atoms with van der Waals surface area (Å²) in [5, 5.41) is 27.4. The molecule has 0 radical (unpaired) electrons. The Kier molecular flexibility index (Phi) is 3.11. The summed E-state index contributed by atoms with van der Waals surface area (Å²) in [5.74, 6) is -4.08. The molecule has 82 valence electrons. The summed E-state index contributed by atoms with van der Waals surface area (Å²) in [7, 11) is 1.04. The number of phenolic OH excluding ortho intramolecular Hbond substituents is 2. The smallest absolute Gasteiger partial charge is 0.339 e. The molecule has 0 spiro atoms. The molecule has 6 heteroatoms. The third kappa shape index (κ3) is 1.99. The minimum Gasteiger partial charge on any atom is -0.505 e. The van der Waals surface area contributed by atoms with Crippen molar-refractivity contribution in [3.05, 3.63) is 23.5 Å².